The zero-order valence-corrected chi connectivity index (χ0v) is 7.44. The van der Waals surface area contributed by atoms with Gasteiger partial charge in [-0.2, -0.15) is 0 Å². The van der Waals surface area contributed by atoms with Crippen molar-refractivity contribution in [3.63, 3.8) is 0 Å². The van der Waals surface area contributed by atoms with Gasteiger partial charge in [0.15, 0.2) is 10.4 Å². The van der Waals surface area contributed by atoms with Crippen molar-refractivity contribution in [1.29, 1.82) is 0 Å². The van der Waals surface area contributed by atoms with Crippen LogP contribution in [0.1, 0.15) is 0 Å². The zero-order valence-electron chi connectivity index (χ0n) is 5.81. The van der Waals surface area contributed by atoms with Crippen molar-refractivity contribution >= 4 is 34.3 Å². The van der Waals surface area contributed by atoms with E-state index in [-0.39, 0.29) is 0 Å². The fraction of sp³-hybridized carbons (Fsp3) is 0.600. The van der Waals surface area contributed by atoms with E-state index in [4.69, 9.17) is 22.2 Å². The average molecular weight is 193 g/mol. The summed E-state index contributed by atoms with van der Waals surface area (Å²) < 4.78 is 0.486. The topological polar surface area (TPSA) is 49.8 Å². The Morgan fingerprint density at radius 1 is 2.00 bits per heavy atom. The second kappa shape index (κ2) is 3.38. The third-order valence-electron chi connectivity index (χ3n) is 1.31. The summed E-state index contributed by atoms with van der Waals surface area (Å²) in [6.45, 7) is 0. The van der Waals surface area contributed by atoms with Crippen molar-refractivity contribution in [2.45, 2.75) is 6.04 Å². The number of thioether (sulfide) groups is 1. The Morgan fingerprint density at radius 3 is 3.00 bits per heavy atom. The minimum atomic E-state index is -0.904. The van der Waals surface area contributed by atoms with Gasteiger partial charge >= 0.3 is 5.97 Å². The van der Waals surface area contributed by atoms with Gasteiger partial charge in [0, 0.05) is 5.75 Å². The van der Waals surface area contributed by atoms with Crippen LogP contribution in [0.3, 0.4) is 0 Å². The molecule has 0 amide bonds. The van der Waals surface area contributed by atoms with E-state index in [1.807, 2.05) is 0 Å². The largest absolute Gasteiger partial charge is 0.480 e. The highest BCUT2D eigenvalue weighted by Gasteiger charge is 2.34. The highest BCUT2D eigenvalue weighted by Crippen LogP contribution is 2.23. The molecule has 1 heterocycles. The quantitative estimate of drug-likeness (QED) is 0.638. The van der Waals surface area contributed by atoms with Crippen molar-refractivity contribution in [2.75, 3.05) is 12.9 Å². The number of thiocarbonyl (C=S) groups is 1. The van der Waals surface area contributed by atoms with Crippen LogP contribution in [0.15, 0.2) is 0 Å². The number of hydrogen-bond acceptors (Lipinski definition) is 4. The van der Waals surface area contributed by atoms with Crippen LogP contribution in [-0.2, 0) is 9.63 Å². The van der Waals surface area contributed by atoms with E-state index in [1.54, 1.807) is 0 Å². The second-order valence-corrected chi connectivity index (χ2v) is 3.59. The molecule has 1 fully saturated rings. The minimum absolute atomic E-state index is 0.460. The first kappa shape index (κ1) is 8.76. The molecule has 1 N–H and O–H groups in total. The molecule has 0 unspecified atom stereocenters. The molecule has 0 spiro atoms. The lowest BCUT2D eigenvalue weighted by molar-refractivity contribution is -0.155. The lowest BCUT2D eigenvalue weighted by atomic mass is 10.3. The van der Waals surface area contributed by atoms with Crippen molar-refractivity contribution in [2.24, 2.45) is 0 Å². The van der Waals surface area contributed by atoms with Gasteiger partial charge in [0.1, 0.15) is 0 Å². The third-order valence-corrected chi connectivity index (χ3v) is 2.75. The smallest absolute Gasteiger partial charge is 0.329 e. The molecule has 4 nitrogen and oxygen atoms in total. The van der Waals surface area contributed by atoms with Crippen molar-refractivity contribution in [1.82, 2.24) is 5.06 Å². The van der Waals surface area contributed by atoms with Gasteiger partial charge in [-0.05, 0) is 0 Å². The highest BCUT2D eigenvalue weighted by molar-refractivity contribution is 8.23. The summed E-state index contributed by atoms with van der Waals surface area (Å²) >= 11 is 6.15. The maximum absolute atomic E-state index is 10.5. The van der Waals surface area contributed by atoms with Gasteiger partial charge in [0.05, 0.1) is 7.11 Å². The third kappa shape index (κ3) is 1.63. The summed E-state index contributed by atoms with van der Waals surface area (Å²) in [6.07, 6.45) is 0. The molecule has 0 aromatic rings. The van der Waals surface area contributed by atoms with Crippen LogP contribution in [0.4, 0.5) is 0 Å². The second-order valence-electron chi connectivity index (χ2n) is 1.94. The molecular formula is C5H7NO3S2. The van der Waals surface area contributed by atoms with Crippen molar-refractivity contribution < 1.29 is 14.7 Å². The molecule has 0 radical (unpaired) electrons. The summed E-state index contributed by atoms with van der Waals surface area (Å²) in [5.74, 6) is -0.443. The van der Waals surface area contributed by atoms with Crippen LogP contribution in [0.25, 0.3) is 0 Å². The van der Waals surface area contributed by atoms with Crippen LogP contribution >= 0.6 is 24.0 Å². The number of rotatable bonds is 2. The van der Waals surface area contributed by atoms with E-state index in [0.717, 1.165) is 0 Å². The fourth-order valence-corrected chi connectivity index (χ4v) is 2.10. The molecule has 62 valence electrons. The van der Waals surface area contributed by atoms with E-state index in [9.17, 15) is 4.79 Å². The Kier molecular flexibility index (Phi) is 2.69. The van der Waals surface area contributed by atoms with E-state index >= 15 is 0 Å². The number of hydrogen-bond donors (Lipinski definition) is 1. The molecule has 11 heavy (non-hydrogen) atoms. The van der Waals surface area contributed by atoms with E-state index in [1.165, 1.54) is 23.9 Å². The number of carboxylic acids is 1. The first-order valence-electron chi connectivity index (χ1n) is 2.89. The maximum atomic E-state index is 10.5. The van der Waals surface area contributed by atoms with E-state index in [0.29, 0.717) is 10.1 Å². The first-order valence-corrected chi connectivity index (χ1v) is 4.29. The molecule has 6 heteroatoms. The summed E-state index contributed by atoms with van der Waals surface area (Å²) in [5, 5.41) is 9.88. The molecule has 1 aliphatic heterocycles. The first-order chi connectivity index (χ1) is 5.16. The summed E-state index contributed by atoms with van der Waals surface area (Å²) in [4.78, 5) is 15.3. The number of aliphatic carboxylic acids is 1. The fourth-order valence-electron chi connectivity index (χ4n) is 0.782. The molecule has 0 aliphatic carbocycles. The molecule has 0 aromatic carbocycles. The molecule has 1 saturated heterocycles. The Labute approximate surface area is 73.5 Å². The Balaban J connectivity index is 2.68. The number of nitrogens with zero attached hydrogens (tertiary/aromatic N) is 1. The number of carbonyl (C=O) groups is 1. The molecular weight excluding hydrogens is 186 g/mol. The van der Waals surface area contributed by atoms with Gasteiger partial charge < -0.3 is 5.11 Å². The van der Waals surface area contributed by atoms with Gasteiger partial charge in [-0.1, -0.05) is 24.0 Å². The van der Waals surface area contributed by atoms with Crippen molar-refractivity contribution in [3.8, 4) is 0 Å². The SMILES string of the molecule is CON1C(=S)SC[C@H]1C(=O)O. The minimum Gasteiger partial charge on any atom is -0.480 e. The molecule has 1 aliphatic rings. The highest BCUT2D eigenvalue weighted by atomic mass is 32.2. The molecule has 0 aromatic heterocycles. The van der Waals surface area contributed by atoms with Crippen LogP contribution in [0.5, 0.6) is 0 Å². The summed E-state index contributed by atoms with van der Waals surface area (Å²) in [7, 11) is 1.41. The Hall–Kier alpha value is -0.330. The Bertz CT molecular complexity index is 196. The van der Waals surface area contributed by atoms with Crippen LogP contribution in [0, 0.1) is 0 Å². The lowest BCUT2D eigenvalue weighted by Crippen LogP contribution is -2.38. The van der Waals surface area contributed by atoms with Gasteiger partial charge in [-0.3, -0.25) is 4.84 Å². The predicted octanol–water partition coefficient (Wildman–Crippen LogP) is 0.335. The van der Waals surface area contributed by atoms with Gasteiger partial charge in [0.2, 0.25) is 0 Å². The zero-order chi connectivity index (χ0) is 8.43. The lowest BCUT2D eigenvalue weighted by Gasteiger charge is -2.18. The maximum Gasteiger partial charge on any atom is 0.329 e. The summed E-state index contributed by atoms with van der Waals surface area (Å²) in [5.41, 5.74) is 0. The van der Waals surface area contributed by atoms with Gasteiger partial charge in [-0.15, -0.1) is 0 Å². The van der Waals surface area contributed by atoms with Crippen LogP contribution in [0.2, 0.25) is 0 Å². The molecule has 0 bridgehead atoms. The Morgan fingerprint density at radius 2 is 2.64 bits per heavy atom. The average Bonchev–Trinajstić information content (AvgIpc) is 2.30. The monoisotopic (exact) mass is 193 g/mol. The predicted molar refractivity (Wildman–Crippen MR) is 45.3 cm³/mol. The summed E-state index contributed by atoms with van der Waals surface area (Å²) in [6, 6.07) is -0.627. The number of carboxylic acid groups (broad SMARTS) is 1. The normalized spacial score (nSPS) is 24.3. The van der Waals surface area contributed by atoms with Crippen LogP contribution in [-0.4, -0.2) is 39.4 Å². The van der Waals surface area contributed by atoms with Crippen molar-refractivity contribution in [3.05, 3.63) is 0 Å². The van der Waals surface area contributed by atoms with E-state index in [2.05, 4.69) is 0 Å². The van der Waals surface area contributed by atoms with Crippen LogP contribution < -0.4 is 0 Å². The standard InChI is InChI=1S/C5H7NO3S2/c1-9-6-3(4(7)8)2-11-5(6)10/h3H,2H2,1H3,(H,7,8)/t3-/m0/s1. The molecule has 1 atom stereocenters. The van der Waals surface area contributed by atoms with E-state index < -0.39 is 12.0 Å². The molecule has 0 saturated carbocycles. The van der Waals surface area contributed by atoms with Gasteiger partial charge in [0.25, 0.3) is 0 Å². The number of hydroxylamine groups is 2. The van der Waals surface area contributed by atoms with Gasteiger partial charge in [-0.25, -0.2) is 9.86 Å². The molecule has 1 rings (SSSR count).